The first-order valence-electron chi connectivity index (χ1n) is 8.03. The average molecular weight is 434 g/mol. The van der Waals surface area contributed by atoms with Crippen molar-refractivity contribution in [2.45, 2.75) is 26.2 Å². The lowest BCUT2D eigenvalue weighted by Crippen LogP contribution is -2.35. The van der Waals surface area contributed by atoms with Gasteiger partial charge in [-0.2, -0.15) is 0 Å². The second-order valence-corrected chi connectivity index (χ2v) is 7.10. The number of anilines is 2. The van der Waals surface area contributed by atoms with Crippen molar-refractivity contribution in [2.24, 2.45) is 0 Å². The van der Waals surface area contributed by atoms with Crippen molar-refractivity contribution in [2.75, 3.05) is 16.8 Å². The Hall–Kier alpha value is -1.89. The maximum Gasteiger partial charge on any atom is 0.256 e. The highest BCUT2D eigenvalue weighted by molar-refractivity contribution is 14.1. The number of nitrogens with one attached hydrogen (secondary N) is 1. The molecule has 2 aromatic rings. The predicted molar refractivity (Wildman–Crippen MR) is 104 cm³/mol. The Morgan fingerprint density at radius 3 is 2.67 bits per heavy atom. The maximum absolute atomic E-state index is 12.4. The average Bonchev–Trinajstić information content (AvgIpc) is 2.56. The monoisotopic (exact) mass is 434 g/mol. The predicted octanol–water partition coefficient (Wildman–Crippen LogP) is 4.37. The van der Waals surface area contributed by atoms with Crippen molar-refractivity contribution in [3.63, 3.8) is 0 Å². The van der Waals surface area contributed by atoms with Crippen LogP contribution in [0.3, 0.4) is 0 Å². The number of piperidine rings is 1. The molecule has 0 unspecified atom stereocenters. The van der Waals surface area contributed by atoms with E-state index in [0.29, 0.717) is 12.0 Å². The number of carbonyl (C=O) groups excluding carboxylic acids is 2. The number of carbonyl (C=O) groups is 2. The maximum atomic E-state index is 12.4. The van der Waals surface area contributed by atoms with Crippen LogP contribution in [0.15, 0.2) is 42.5 Å². The molecule has 0 spiro atoms. The van der Waals surface area contributed by atoms with E-state index >= 15 is 0 Å². The van der Waals surface area contributed by atoms with Crippen molar-refractivity contribution in [1.29, 1.82) is 0 Å². The molecule has 1 aliphatic rings. The van der Waals surface area contributed by atoms with E-state index in [-0.39, 0.29) is 11.8 Å². The summed E-state index contributed by atoms with van der Waals surface area (Å²) in [6.45, 7) is 2.74. The molecule has 1 heterocycles. The van der Waals surface area contributed by atoms with Gasteiger partial charge in [-0.25, -0.2) is 0 Å². The van der Waals surface area contributed by atoms with Gasteiger partial charge in [0.15, 0.2) is 0 Å². The molecule has 0 bridgehead atoms. The molecule has 1 N–H and O–H groups in total. The van der Waals surface area contributed by atoms with Crippen LogP contribution >= 0.6 is 22.6 Å². The van der Waals surface area contributed by atoms with E-state index in [9.17, 15) is 9.59 Å². The van der Waals surface area contributed by atoms with Crippen LogP contribution in [-0.2, 0) is 4.79 Å². The highest BCUT2D eigenvalue weighted by Gasteiger charge is 2.21. The lowest BCUT2D eigenvalue weighted by molar-refractivity contribution is -0.119. The minimum atomic E-state index is -0.124. The van der Waals surface area contributed by atoms with Crippen LogP contribution in [-0.4, -0.2) is 18.4 Å². The smallest absolute Gasteiger partial charge is 0.256 e. The van der Waals surface area contributed by atoms with Crippen LogP contribution in [0.1, 0.15) is 35.2 Å². The number of hydrogen-bond donors (Lipinski definition) is 1. The van der Waals surface area contributed by atoms with E-state index in [4.69, 9.17) is 0 Å². The Balaban J connectivity index is 1.79. The molecule has 1 fully saturated rings. The summed E-state index contributed by atoms with van der Waals surface area (Å²) < 4.78 is 0.917. The molecule has 0 saturated carbocycles. The lowest BCUT2D eigenvalue weighted by atomic mass is 10.1. The second-order valence-electron chi connectivity index (χ2n) is 5.94. The van der Waals surface area contributed by atoms with Gasteiger partial charge >= 0.3 is 0 Å². The number of rotatable bonds is 3. The molecule has 1 aliphatic heterocycles. The molecule has 0 aromatic heterocycles. The van der Waals surface area contributed by atoms with Gasteiger partial charge in [0.25, 0.3) is 5.91 Å². The summed E-state index contributed by atoms with van der Waals surface area (Å²) in [5, 5.41) is 2.93. The Bertz CT molecular complexity index is 789. The fourth-order valence-electron chi connectivity index (χ4n) is 2.94. The standard InChI is InChI=1S/C19H19IN2O2/c1-13-12-14(21-19(24)15-6-2-3-7-16(15)20)9-10-17(13)22-11-5-4-8-18(22)23/h2-3,6-7,9-10,12H,4-5,8,11H2,1H3,(H,21,24). The van der Waals surface area contributed by atoms with E-state index < -0.39 is 0 Å². The normalized spacial score (nSPS) is 14.6. The Morgan fingerprint density at radius 1 is 1.17 bits per heavy atom. The first-order valence-corrected chi connectivity index (χ1v) is 9.11. The van der Waals surface area contributed by atoms with E-state index in [1.54, 1.807) is 0 Å². The van der Waals surface area contributed by atoms with Gasteiger partial charge in [0.2, 0.25) is 5.91 Å². The minimum Gasteiger partial charge on any atom is -0.322 e. The minimum absolute atomic E-state index is 0.124. The first-order chi connectivity index (χ1) is 11.6. The van der Waals surface area contributed by atoms with Gasteiger partial charge in [-0.15, -0.1) is 0 Å². The molecule has 0 aliphatic carbocycles. The van der Waals surface area contributed by atoms with Gasteiger partial charge in [-0.1, -0.05) is 12.1 Å². The van der Waals surface area contributed by atoms with Gasteiger partial charge < -0.3 is 10.2 Å². The Morgan fingerprint density at radius 2 is 1.96 bits per heavy atom. The van der Waals surface area contributed by atoms with E-state index in [1.807, 2.05) is 54.3 Å². The second kappa shape index (κ2) is 7.34. The summed E-state index contributed by atoms with van der Waals surface area (Å²) in [4.78, 5) is 26.3. The summed E-state index contributed by atoms with van der Waals surface area (Å²) in [7, 11) is 0. The highest BCUT2D eigenvalue weighted by Crippen LogP contribution is 2.27. The molecule has 1 saturated heterocycles. The quantitative estimate of drug-likeness (QED) is 0.730. The van der Waals surface area contributed by atoms with Crippen molar-refractivity contribution >= 4 is 45.8 Å². The molecule has 0 atom stereocenters. The number of hydrogen-bond acceptors (Lipinski definition) is 2. The molecule has 2 aromatic carbocycles. The fraction of sp³-hybridized carbons (Fsp3) is 0.263. The number of benzene rings is 2. The number of nitrogens with zero attached hydrogens (tertiary/aromatic N) is 1. The molecular formula is C19H19IN2O2. The van der Waals surface area contributed by atoms with E-state index in [0.717, 1.165) is 39.9 Å². The van der Waals surface area contributed by atoms with Gasteiger partial charge in [-0.3, -0.25) is 9.59 Å². The molecule has 2 amide bonds. The number of amides is 2. The highest BCUT2D eigenvalue weighted by atomic mass is 127. The lowest BCUT2D eigenvalue weighted by Gasteiger charge is -2.28. The van der Waals surface area contributed by atoms with E-state index in [1.165, 1.54) is 0 Å². The molecule has 24 heavy (non-hydrogen) atoms. The van der Waals surface area contributed by atoms with Crippen molar-refractivity contribution in [3.8, 4) is 0 Å². The number of aryl methyl sites for hydroxylation is 1. The van der Waals surface area contributed by atoms with Crippen LogP contribution in [0.25, 0.3) is 0 Å². The van der Waals surface area contributed by atoms with Crippen LogP contribution in [0.5, 0.6) is 0 Å². The zero-order valence-electron chi connectivity index (χ0n) is 13.5. The van der Waals surface area contributed by atoms with Gasteiger partial charge in [0, 0.05) is 27.9 Å². The topological polar surface area (TPSA) is 49.4 Å². The zero-order valence-corrected chi connectivity index (χ0v) is 15.7. The Kier molecular flexibility index (Phi) is 5.18. The summed E-state index contributed by atoms with van der Waals surface area (Å²) in [5.74, 6) is 0.0566. The van der Waals surface area contributed by atoms with Gasteiger partial charge in [-0.05, 0) is 78.3 Å². The number of halogens is 1. The van der Waals surface area contributed by atoms with Crippen LogP contribution < -0.4 is 10.2 Å². The summed E-state index contributed by atoms with van der Waals surface area (Å²) in [6.07, 6.45) is 2.62. The largest absolute Gasteiger partial charge is 0.322 e. The fourth-order valence-corrected chi connectivity index (χ4v) is 3.57. The van der Waals surface area contributed by atoms with Crippen LogP contribution in [0.4, 0.5) is 11.4 Å². The first kappa shape index (κ1) is 17.0. The summed E-state index contributed by atoms with van der Waals surface area (Å²) in [6, 6.07) is 13.2. The van der Waals surface area contributed by atoms with Crippen molar-refractivity contribution in [3.05, 3.63) is 57.2 Å². The van der Waals surface area contributed by atoms with Gasteiger partial charge in [0.1, 0.15) is 0 Å². The van der Waals surface area contributed by atoms with Crippen LogP contribution in [0, 0.1) is 10.5 Å². The third kappa shape index (κ3) is 3.61. The summed E-state index contributed by atoms with van der Waals surface area (Å²) in [5.41, 5.74) is 3.33. The van der Waals surface area contributed by atoms with Crippen molar-refractivity contribution in [1.82, 2.24) is 0 Å². The Labute approximate surface area is 155 Å². The van der Waals surface area contributed by atoms with Crippen LogP contribution in [0.2, 0.25) is 0 Å². The molecule has 5 heteroatoms. The molecule has 0 radical (unpaired) electrons. The molecule has 3 rings (SSSR count). The molecule has 124 valence electrons. The van der Waals surface area contributed by atoms with Crippen molar-refractivity contribution < 1.29 is 9.59 Å². The molecular weight excluding hydrogens is 415 g/mol. The molecule has 4 nitrogen and oxygen atoms in total. The SMILES string of the molecule is Cc1cc(NC(=O)c2ccccc2I)ccc1N1CCCCC1=O. The summed E-state index contributed by atoms with van der Waals surface area (Å²) >= 11 is 2.16. The third-order valence-electron chi connectivity index (χ3n) is 4.19. The van der Waals surface area contributed by atoms with E-state index in [2.05, 4.69) is 27.9 Å². The third-order valence-corrected chi connectivity index (χ3v) is 5.13. The zero-order chi connectivity index (χ0) is 17.1. The van der Waals surface area contributed by atoms with Gasteiger partial charge in [0.05, 0.1) is 5.56 Å².